The summed E-state index contributed by atoms with van der Waals surface area (Å²) in [5, 5.41) is 4.12. The second kappa shape index (κ2) is 11.9. The van der Waals surface area contributed by atoms with E-state index in [0.29, 0.717) is 18.1 Å². The van der Waals surface area contributed by atoms with Crippen LogP contribution in [0.2, 0.25) is 0 Å². The van der Waals surface area contributed by atoms with Crippen LogP contribution >= 0.6 is 0 Å². The molecule has 7 heteroatoms. The molecule has 1 aromatic heterocycles. The van der Waals surface area contributed by atoms with Gasteiger partial charge in [0, 0.05) is 17.2 Å². The Balaban J connectivity index is 1.59. The molecule has 0 saturated carbocycles. The third-order valence-electron chi connectivity index (χ3n) is 4.79. The smallest absolute Gasteiger partial charge is 0.494 e. The Kier molecular flexibility index (Phi) is 8.63. The van der Waals surface area contributed by atoms with Crippen LogP contribution in [0, 0.1) is 5.92 Å². The average Bonchev–Trinajstić information content (AvgIpc) is 3.31. The SMILES string of the molecule is CCCCCOc1ccc(-c2cc(-c3ccc(C(=O)OC(=O)OCC(C)C)cc3)no2)cc1. The molecule has 3 rings (SSSR count). The number of ether oxygens (including phenoxy) is 3. The van der Waals surface area contributed by atoms with Gasteiger partial charge in [-0.3, -0.25) is 0 Å². The Morgan fingerprint density at radius 3 is 2.33 bits per heavy atom. The Hall–Kier alpha value is -3.61. The van der Waals surface area contributed by atoms with Crippen molar-refractivity contribution in [1.82, 2.24) is 5.16 Å². The monoisotopic (exact) mass is 451 g/mol. The van der Waals surface area contributed by atoms with E-state index in [-0.39, 0.29) is 18.1 Å². The molecule has 0 aliphatic rings. The highest BCUT2D eigenvalue weighted by atomic mass is 16.7. The molecule has 0 unspecified atom stereocenters. The van der Waals surface area contributed by atoms with Gasteiger partial charge in [-0.15, -0.1) is 0 Å². The number of esters is 1. The lowest BCUT2D eigenvalue weighted by atomic mass is 10.1. The van der Waals surface area contributed by atoms with Crippen molar-refractivity contribution in [2.24, 2.45) is 5.92 Å². The number of carbonyl (C=O) groups is 2. The summed E-state index contributed by atoms with van der Waals surface area (Å²) >= 11 is 0. The van der Waals surface area contributed by atoms with Gasteiger partial charge in [0.25, 0.3) is 0 Å². The molecule has 0 atom stereocenters. The summed E-state index contributed by atoms with van der Waals surface area (Å²) in [5.41, 5.74) is 2.51. The summed E-state index contributed by atoms with van der Waals surface area (Å²) in [7, 11) is 0. The van der Waals surface area contributed by atoms with Crippen molar-refractivity contribution in [3.63, 3.8) is 0 Å². The van der Waals surface area contributed by atoms with E-state index in [4.69, 9.17) is 18.7 Å². The van der Waals surface area contributed by atoms with Crippen LogP contribution in [0.4, 0.5) is 4.79 Å². The molecule has 0 aliphatic heterocycles. The molecular formula is C26H29NO6. The summed E-state index contributed by atoms with van der Waals surface area (Å²) in [5.74, 6) is 0.832. The van der Waals surface area contributed by atoms with Crippen LogP contribution in [0.25, 0.3) is 22.6 Å². The zero-order valence-electron chi connectivity index (χ0n) is 19.2. The van der Waals surface area contributed by atoms with Crippen molar-refractivity contribution in [2.75, 3.05) is 13.2 Å². The van der Waals surface area contributed by atoms with Gasteiger partial charge in [-0.25, -0.2) is 9.59 Å². The van der Waals surface area contributed by atoms with Crippen LogP contribution in [0.1, 0.15) is 50.4 Å². The highest BCUT2D eigenvalue weighted by molar-refractivity contribution is 5.95. The number of nitrogens with zero attached hydrogens (tertiary/aromatic N) is 1. The molecule has 0 radical (unpaired) electrons. The first-order valence-electron chi connectivity index (χ1n) is 11.2. The molecule has 7 nitrogen and oxygen atoms in total. The number of benzene rings is 2. The Bertz CT molecular complexity index is 1040. The van der Waals surface area contributed by atoms with Gasteiger partial charge in [0.2, 0.25) is 0 Å². The first kappa shape index (κ1) is 24.0. The highest BCUT2D eigenvalue weighted by Crippen LogP contribution is 2.27. The molecule has 174 valence electrons. The molecule has 1 heterocycles. The first-order valence-corrected chi connectivity index (χ1v) is 11.2. The minimum Gasteiger partial charge on any atom is -0.494 e. The molecule has 3 aromatic rings. The largest absolute Gasteiger partial charge is 0.516 e. The number of aromatic nitrogens is 1. The van der Waals surface area contributed by atoms with Crippen LogP contribution in [0.15, 0.2) is 59.1 Å². The van der Waals surface area contributed by atoms with E-state index in [1.165, 1.54) is 0 Å². The van der Waals surface area contributed by atoms with E-state index in [9.17, 15) is 9.59 Å². The minimum atomic E-state index is -1.00. The van der Waals surface area contributed by atoms with Gasteiger partial charge in [0.1, 0.15) is 11.4 Å². The van der Waals surface area contributed by atoms with Crippen molar-refractivity contribution < 1.29 is 28.3 Å². The molecular weight excluding hydrogens is 422 g/mol. The van der Waals surface area contributed by atoms with Crippen LogP contribution in [-0.4, -0.2) is 30.5 Å². The number of carbonyl (C=O) groups excluding carboxylic acids is 2. The zero-order chi connectivity index (χ0) is 23.6. The van der Waals surface area contributed by atoms with Crippen LogP contribution in [0.5, 0.6) is 5.75 Å². The average molecular weight is 452 g/mol. The maximum absolute atomic E-state index is 12.1. The van der Waals surface area contributed by atoms with Crippen LogP contribution in [0.3, 0.4) is 0 Å². The van der Waals surface area contributed by atoms with Gasteiger partial charge in [-0.1, -0.05) is 50.9 Å². The zero-order valence-corrected chi connectivity index (χ0v) is 19.2. The summed E-state index contributed by atoms with van der Waals surface area (Å²) in [6, 6.07) is 16.1. The van der Waals surface area contributed by atoms with Gasteiger partial charge in [0.15, 0.2) is 5.76 Å². The van der Waals surface area contributed by atoms with E-state index in [2.05, 4.69) is 12.1 Å². The van der Waals surface area contributed by atoms with Crippen molar-refractivity contribution in [1.29, 1.82) is 0 Å². The summed E-state index contributed by atoms with van der Waals surface area (Å²) < 4.78 is 20.8. The number of unbranched alkanes of at least 4 members (excludes halogenated alkanes) is 2. The molecule has 0 bridgehead atoms. The van der Waals surface area contributed by atoms with Crippen molar-refractivity contribution >= 4 is 12.1 Å². The third-order valence-corrected chi connectivity index (χ3v) is 4.79. The third kappa shape index (κ3) is 7.20. The standard InChI is InChI=1S/C26H29NO6/c1-4-5-6-15-30-22-13-11-20(12-14-22)24-16-23(27-33-24)19-7-9-21(10-8-19)25(28)32-26(29)31-17-18(2)3/h7-14,16,18H,4-6,15,17H2,1-3H3. The fraction of sp³-hybridized carbons (Fsp3) is 0.346. The topological polar surface area (TPSA) is 87.9 Å². The van der Waals surface area contributed by atoms with E-state index in [0.717, 1.165) is 36.1 Å². The number of hydrogen-bond acceptors (Lipinski definition) is 7. The lowest BCUT2D eigenvalue weighted by molar-refractivity contribution is 0.0351. The van der Waals surface area contributed by atoms with Crippen LogP contribution in [-0.2, 0) is 9.47 Å². The minimum absolute atomic E-state index is 0.154. The van der Waals surface area contributed by atoms with Crippen LogP contribution < -0.4 is 4.74 Å². The Labute approximate surface area is 193 Å². The Morgan fingerprint density at radius 1 is 0.970 bits per heavy atom. The molecule has 0 amide bonds. The molecule has 0 fully saturated rings. The molecule has 0 aliphatic carbocycles. The predicted octanol–water partition coefficient (Wildman–Crippen LogP) is 6.53. The predicted molar refractivity (Wildman–Crippen MR) is 124 cm³/mol. The van der Waals surface area contributed by atoms with E-state index in [1.807, 2.05) is 44.2 Å². The molecule has 0 spiro atoms. The fourth-order valence-corrected chi connectivity index (χ4v) is 2.98. The maximum Gasteiger partial charge on any atom is 0.516 e. The van der Waals surface area contributed by atoms with Crippen molar-refractivity contribution in [2.45, 2.75) is 40.0 Å². The van der Waals surface area contributed by atoms with Gasteiger partial charge < -0.3 is 18.7 Å². The van der Waals surface area contributed by atoms with Crippen molar-refractivity contribution in [3.05, 3.63) is 60.2 Å². The van der Waals surface area contributed by atoms with E-state index in [1.54, 1.807) is 24.3 Å². The molecule has 2 aromatic carbocycles. The molecule has 0 saturated heterocycles. The maximum atomic E-state index is 12.1. The lowest BCUT2D eigenvalue weighted by Crippen LogP contribution is -2.16. The summed E-state index contributed by atoms with van der Waals surface area (Å²) in [6.07, 6.45) is 2.36. The second-order valence-electron chi connectivity index (χ2n) is 8.08. The Morgan fingerprint density at radius 2 is 1.67 bits per heavy atom. The van der Waals surface area contributed by atoms with E-state index < -0.39 is 12.1 Å². The molecule has 0 N–H and O–H groups in total. The molecule has 33 heavy (non-hydrogen) atoms. The normalized spacial score (nSPS) is 10.8. The van der Waals surface area contributed by atoms with Gasteiger partial charge in [-0.05, 0) is 48.7 Å². The quantitative estimate of drug-likeness (QED) is 0.197. The highest BCUT2D eigenvalue weighted by Gasteiger charge is 2.16. The van der Waals surface area contributed by atoms with Crippen molar-refractivity contribution in [3.8, 4) is 28.3 Å². The van der Waals surface area contributed by atoms with Gasteiger partial charge in [-0.2, -0.15) is 0 Å². The van der Waals surface area contributed by atoms with Gasteiger partial charge >= 0.3 is 12.1 Å². The van der Waals surface area contributed by atoms with E-state index >= 15 is 0 Å². The number of rotatable bonds is 10. The fourth-order valence-electron chi connectivity index (χ4n) is 2.98. The number of hydrogen-bond donors (Lipinski definition) is 0. The summed E-state index contributed by atoms with van der Waals surface area (Å²) in [6.45, 7) is 6.84. The second-order valence-corrected chi connectivity index (χ2v) is 8.08. The lowest BCUT2D eigenvalue weighted by Gasteiger charge is -2.07. The van der Waals surface area contributed by atoms with Gasteiger partial charge in [0.05, 0.1) is 18.8 Å². The summed E-state index contributed by atoms with van der Waals surface area (Å²) in [4.78, 5) is 23.7. The first-order chi connectivity index (χ1) is 16.0.